The van der Waals surface area contributed by atoms with E-state index in [2.05, 4.69) is 0 Å². The van der Waals surface area contributed by atoms with Crippen molar-refractivity contribution in [2.75, 3.05) is 0 Å². The molecule has 0 saturated carbocycles. The molecule has 3 aromatic rings. The quantitative estimate of drug-likeness (QED) is 0.517. The average Bonchev–Trinajstić information content (AvgIpc) is 2.32. The summed E-state index contributed by atoms with van der Waals surface area (Å²) in [6, 6.07) is 19.6. The molecule has 0 N–H and O–H groups in total. The highest BCUT2D eigenvalue weighted by molar-refractivity contribution is 5.80. The van der Waals surface area contributed by atoms with Crippen LogP contribution in [0.3, 0.4) is 0 Å². The van der Waals surface area contributed by atoms with Gasteiger partial charge in [0.15, 0.2) is 11.2 Å². The fraction of sp³-hybridized carbons (Fsp3) is 0. The van der Waals surface area contributed by atoms with Crippen molar-refractivity contribution in [3.63, 3.8) is 0 Å². The molecule has 0 radical (unpaired) electrons. The van der Waals surface area contributed by atoms with Crippen LogP contribution in [0.2, 0.25) is 0 Å². The van der Waals surface area contributed by atoms with Crippen molar-refractivity contribution >= 4 is 21.9 Å². The fourth-order valence-corrected chi connectivity index (χ4v) is 1.66. The molecule has 0 aliphatic heterocycles. The lowest BCUT2D eigenvalue weighted by molar-refractivity contribution is 0.0911. The van der Waals surface area contributed by atoms with Gasteiger partial charge in [0.1, 0.15) is 0 Å². The van der Waals surface area contributed by atoms with Gasteiger partial charge in [0, 0.05) is 10.8 Å². The van der Waals surface area contributed by atoms with E-state index in [-0.39, 0.29) is 0 Å². The Morgan fingerprint density at radius 1 is 0.500 bits per heavy atom. The second-order valence-electron chi connectivity index (χ2n) is 3.58. The summed E-state index contributed by atoms with van der Waals surface area (Å²) in [5, 5.41) is 2.02. The van der Waals surface area contributed by atoms with Gasteiger partial charge in [-0.25, -0.2) is 0 Å². The molecule has 0 aliphatic carbocycles. The van der Waals surface area contributed by atoms with E-state index in [0.29, 0.717) is 0 Å². The van der Waals surface area contributed by atoms with Gasteiger partial charge in [-0.15, -0.1) is 0 Å². The Kier molecular flexibility index (Phi) is 2.11. The number of fused-ring (bicyclic) bond motifs is 2. The first kappa shape index (κ1) is 9.04. The molecule has 0 fully saturated rings. The number of hydrogen-bond acceptors (Lipinski definition) is 2. The number of para-hydroxylation sites is 2. The largest absolute Gasteiger partial charge is 0.289 e. The highest BCUT2D eigenvalue weighted by Gasteiger charge is 1.94. The summed E-state index contributed by atoms with van der Waals surface area (Å²) >= 11 is 0. The second kappa shape index (κ2) is 3.74. The van der Waals surface area contributed by atoms with Gasteiger partial charge < -0.3 is 0 Å². The van der Waals surface area contributed by atoms with Crippen molar-refractivity contribution in [3.8, 4) is 0 Å². The predicted octanol–water partition coefficient (Wildman–Crippen LogP) is 4.30. The maximum absolute atomic E-state index is 5.30. The summed E-state index contributed by atoms with van der Waals surface area (Å²) in [6.45, 7) is 0. The Labute approximate surface area is 92.4 Å². The van der Waals surface area contributed by atoms with Crippen molar-refractivity contribution < 1.29 is 9.15 Å². The van der Waals surface area contributed by atoms with E-state index in [4.69, 9.17) is 9.15 Å². The van der Waals surface area contributed by atoms with E-state index < -0.39 is 0 Å². The SMILES string of the molecule is c1ccc2ooc3ccccc3ccc2c1. The van der Waals surface area contributed by atoms with E-state index >= 15 is 0 Å². The Balaban J connectivity index is 2.45. The van der Waals surface area contributed by atoms with Crippen LogP contribution in [0, 0.1) is 0 Å². The minimum absolute atomic E-state index is 0.730. The average molecular weight is 210 g/mol. The molecule has 16 heavy (non-hydrogen) atoms. The molecule has 0 atom stereocenters. The molecule has 2 aromatic carbocycles. The number of benzene rings is 2. The Hall–Kier alpha value is -2.22. The van der Waals surface area contributed by atoms with Crippen molar-refractivity contribution in [2.45, 2.75) is 0 Å². The smallest absolute Gasteiger partial charge is 0.185 e. The van der Waals surface area contributed by atoms with Gasteiger partial charge in [0.25, 0.3) is 0 Å². The van der Waals surface area contributed by atoms with Crippen molar-refractivity contribution in [3.05, 3.63) is 60.7 Å². The first-order valence-corrected chi connectivity index (χ1v) is 5.14. The molecule has 0 amide bonds. The zero-order chi connectivity index (χ0) is 10.8. The maximum Gasteiger partial charge on any atom is 0.185 e. The lowest BCUT2D eigenvalue weighted by Gasteiger charge is -1.94. The lowest BCUT2D eigenvalue weighted by Crippen LogP contribution is -1.70. The van der Waals surface area contributed by atoms with E-state index in [1.54, 1.807) is 0 Å². The molecule has 1 heterocycles. The molecule has 2 heteroatoms. The highest BCUT2D eigenvalue weighted by atomic mass is 17.0. The minimum atomic E-state index is 0.730. The Morgan fingerprint density at radius 3 is 1.44 bits per heavy atom. The lowest BCUT2D eigenvalue weighted by atomic mass is 10.2. The zero-order valence-corrected chi connectivity index (χ0v) is 8.59. The van der Waals surface area contributed by atoms with Gasteiger partial charge in [-0.2, -0.15) is 0 Å². The van der Waals surface area contributed by atoms with Crippen LogP contribution < -0.4 is 0 Å². The first-order chi connectivity index (χ1) is 7.93. The predicted molar refractivity (Wildman–Crippen MR) is 63.6 cm³/mol. The molecule has 0 spiro atoms. The van der Waals surface area contributed by atoms with E-state index in [0.717, 1.165) is 21.9 Å². The topological polar surface area (TPSA) is 26.3 Å². The second-order valence-corrected chi connectivity index (χ2v) is 3.58. The molecule has 0 unspecified atom stereocenters. The van der Waals surface area contributed by atoms with Gasteiger partial charge in [0.2, 0.25) is 0 Å². The summed E-state index contributed by atoms with van der Waals surface area (Å²) in [6.07, 6.45) is 0. The van der Waals surface area contributed by atoms with Gasteiger partial charge in [0.05, 0.1) is 0 Å². The van der Waals surface area contributed by atoms with Gasteiger partial charge in [-0.05, 0) is 12.1 Å². The molecule has 0 aliphatic rings. The Bertz CT molecular complexity index is 556. The normalized spacial score (nSPS) is 10.5. The van der Waals surface area contributed by atoms with Gasteiger partial charge in [-0.3, -0.25) is 9.15 Å². The van der Waals surface area contributed by atoms with Crippen LogP contribution >= 0.6 is 0 Å². The molecular formula is C14H10O2. The first-order valence-electron chi connectivity index (χ1n) is 5.14. The van der Waals surface area contributed by atoms with Crippen LogP contribution in [0.25, 0.3) is 21.9 Å². The zero-order valence-electron chi connectivity index (χ0n) is 8.59. The van der Waals surface area contributed by atoms with Gasteiger partial charge >= 0.3 is 0 Å². The molecule has 78 valence electrons. The summed E-state index contributed by atoms with van der Waals surface area (Å²) in [7, 11) is 0. The fourth-order valence-electron chi connectivity index (χ4n) is 1.66. The third-order valence-electron chi connectivity index (χ3n) is 2.50. The van der Waals surface area contributed by atoms with Crippen LogP contribution in [-0.4, -0.2) is 0 Å². The van der Waals surface area contributed by atoms with Crippen molar-refractivity contribution in [2.24, 2.45) is 0 Å². The summed E-state index contributed by atoms with van der Waals surface area (Å²) in [5.74, 6) is 0. The molecule has 2 nitrogen and oxygen atoms in total. The molecule has 1 aromatic heterocycles. The van der Waals surface area contributed by atoms with Crippen LogP contribution in [0.5, 0.6) is 0 Å². The van der Waals surface area contributed by atoms with Crippen LogP contribution in [0.1, 0.15) is 0 Å². The molecular weight excluding hydrogens is 200 g/mol. The van der Waals surface area contributed by atoms with E-state index in [1.807, 2.05) is 60.7 Å². The van der Waals surface area contributed by atoms with Crippen molar-refractivity contribution in [1.82, 2.24) is 0 Å². The number of rotatable bonds is 0. The van der Waals surface area contributed by atoms with Crippen LogP contribution in [0.4, 0.5) is 0 Å². The number of hydrogen-bond donors (Lipinski definition) is 0. The third-order valence-corrected chi connectivity index (χ3v) is 2.50. The van der Waals surface area contributed by atoms with E-state index in [9.17, 15) is 0 Å². The maximum atomic E-state index is 5.30. The Morgan fingerprint density at radius 2 is 0.938 bits per heavy atom. The monoisotopic (exact) mass is 210 g/mol. The molecule has 0 bridgehead atoms. The summed E-state index contributed by atoms with van der Waals surface area (Å²) < 4.78 is 10.6. The molecule has 0 saturated heterocycles. The minimum Gasteiger partial charge on any atom is -0.289 e. The van der Waals surface area contributed by atoms with Gasteiger partial charge in [-0.1, -0.05) is 48.5 Å². The third kappa shape index (κ3) is 1.54. The van der Waals surface area contributed by atoms with E-state index in [1.165, 1.54) is 0 Å². The van der Waals surface area contributed by atoms with Crippen molar-refractivity contribution in [1.29, 1.82) is 0 Å². The summed E-state index contributed by atoms with van der Waals surface area (Å²) in [4.78, 5) is 0. The van der Waals surface area contributed by atoms with Crippen LogP contribution in [-0.2, 0) is 0 Å². The standard InChI is InChI=1S/C14H10O2/c1-3-7-13-11(5-1)9-10-12-6-2-4-8-14(12)16-15-13/h1-10H. The van der Waals surface area contributed by atoms with Crippen LogP contribution in [0.15, 0.2) is 69.8 Å². The molecule has 3 rings (SSSR count). The summed E-state index contributed by atoms with van der Waals surface area (Å²) in [5.41, 5.74) is 1.46. The highest BCUT2D eigenvalue weighted by Crippen LogP contribution is 2.16.